The third kappa shape index (κ3) is 6.48. The summed E-state index contributed by atoms with van der Waals surface area (Å²) < 4.78 is 29.5. The largest absolute Gasteiger partial charge is 0.490 e. The average molecular weight is 511 g/mol. The van der Waals surface area contributed by atoms with Gasteiger partial charge in [0.15, 0.2) is 23.0 Å². The minimum atomic E-state index is 0.107. The molecule has 1 atom stereocenters. The van der Waals surface area contributed by atoms with E-state index in [0.717, 1.165) is 66.5 Å². The lowest BCUT2D eigenvalue weighted by molar-refractivity contribution is -0.132. The van der Waals surface area contributed by atoms with Crippen LogP contribution in [0, 0.1) is 0 Å². The molecule has 2 aromatic carbocycles. The van der Waals surface area contributed by atoms with E-state index in [1.165, 1.54) is 0 Å². The van der Waals surface area contributed by atoms with Crippen molar-refractivity contribution in [2.24, 2.45) is 0 Å². The molecule has 37 heavy (non-hydrogen) atoms. The van der Waals surface area contributed by atoms with Crippen LogP contribution in [0.4, 0.5) is 0 Å². The Morgan fingerprint density at radius 2 is 1.86 bits per heavy atom. The zero-order valence-electron chi connectivity index (χ0n) is 21.8. The van der Waals surface area contributed by atoms with E-state index in [4.69, 9.17) is 23.7 Å². The molecule has 0 radical (unpaired) electrons. The molecule has 5 rings (SSSR count). The van der Waals surface area contributed by atoms with E-state index in [9.17, 15) is 4.79 Å². The Morgan fingerprint density at radius 1 is 0.973 bits per heavy atom. The first-order valence-electron chi connectivity index (χ1n) is 13.6. The van der Waals surface area contributed by atoms with Crippen molar-refractivity contribution in [1.82, 2.24) is 9.80 Å². The fourth-order valence-corrected chi connectivity index (χ4v) is 5.30. The average Bonchev–Trinajstić information content (AvgIpc) is 3.19. The second-order valence-corrected chi connectivity index (χ2v) is 9.75. The summed E-state index contributed by atoms with van der Waals surface area (Å²) in [6.45, 7) is 8.24. The quantitative estimate of drug-likeness (QED) is 0.621. The number of hydrogen-bond acceptors (Lipinski definition) is 7. The molecule has 0 aliphatic carbocycles. The smallest absolute Gasteiger partial charge is 0.227 e. The predicted molar refractivity (Wildman–Crippen MR) is 140 cm³/mol. The van der Waals surface area contributed by atoms with E-state index in [1.807, 2.05) is 42.2 Å². The minimum Gasteiger partial charge on any atom is -0.490 e. The molecule has 1 saturated heterocycles. The molecule has 0 bridgehead atoms. The van der Waals surface area contributed by atoms with Crippen LogP contribution >= 0.6 is 0 Å². The summed E-state index contributed by atoms with van der Waals surface area (Å²) in [6.07, 6.45) is 3.37. The molecule has 0 unspecified atom stereocenters. The first-order chi connectivity index (χ1) is 18.2. The van der Waals surface area contributed by atoms with Gasteiger partial charge in [-0.25, -0.2) is 0 Å². The van der Waals surface area contributed by atoms with Gasteiger partial charge in [-0.05, 0) is 50.1 Å². The van der Waals surface area contributed by atoms with Gasteiger partial charge in [-0.15, -0.1) is 0 Å². The number of ether oxygens (including phenoxy) is 5. The van der Waals surface area contributed by atoms with Crippen LogP contribution in [0.1, 0.15) is 37.3 Å². The maximum Gasteiger partial charge on any atom is 0.227 e. The van der Waals surface area contributed by atoms with Crippen LogP contribution in [0.5, 0.6) is 23.0 Å². The van der Waals surface area contributed by atoms with Crippen molar-refractivity contribution in [3.8, 4) is 23.0 Å². The highest BCUT2D eigenvalue weighted by Gasteiger charge is 2.30. The number of para-hydroxylation sites is 1. The molecule has 1 amide bonds. The molecule has 0 N–H and O–H groups in total. The lowest BCUT2D eigenvalue weighted by Crippen LogP contribution is -2.44. The first kappa shape index (κ1) is 25.7. The molecule has 3 heterocycles. The van der Waals surface area contributed by atoms with Gasteiger partial charge in [0.25, 0.3) is 0 Å². The van der Waals surface area contributed by atoms with E-state index in [1.54, 1.807) is 0 Å². The molecule has 0 aromatic heterocycles. The van der Waals surface area contributed by atoms with Gasteiger partial charge in [0.05, 0.1) is 39.5 Å². The van der Waals surface area contributed by atoms with E-state index < -0.39 is 0 Å². The van der Waals surface area contributed by atoms with Crippen molar-refractivity contribution < 1.29 is 28.5 Å². The lowest BCUT2D eigenvalue weighted by atomic mass is 10.1. The summed E-state index contributed by atoms with van der Waals surface area (Å²) in [5, 5.41) is 0. The Morgan fingerprint density at radius 3 is 2.76 bits per heavy atom. The molecule has 8 nitrogen and oxygen atoms in total. The van der Waals surface area contributed by atoms with Crippen molar-refractivity contribution >= 4 is 5.91 Å². The SMILES string of the molecule is CCOc1cccc2c1OCCOCCN(C(=O)Cc1ccc3c(c1)OCCCO3)C[C@@H]1CCCN1C2. The summed E-state index contributed by atoms with van der Waals surface area (Å²) in [6, 6.07) is 12.2. The van der Waals surface area contributed by atoms with Crippen molar-refractivity contribution in [3.05, 3.63) is 47.5 Å². The van der Waals surface area contributed by atoms with Crippen LogP contribution in [0.15, 0.2) is 36.4 Å². The Bertz CT molecular complexity index is 1060. The molecule has 200 valence electrons. The van der Waals surface area contributed by atoms with Gasteiger partial charge in [0, 0.05) is 37.7 Å². The van der Waals surface area contributed by atoms with Gasteiger partial charge in [0.2, 0.25) is 5.91 Å². The highest BCUT2D eigenvalue weighted by Crippen LogP contribution is 2.34. The molecule has 3 aliphatic rings. The van der Waals surface area contributed by atoms with Gasteiger partial charge in [-0.2, -0.15) is 0 Å². The van der Waals surface area contributed by atoms with Crippen LogP contribution < -0.4 is 18.9 Å². The van der Waals surface area contributed by atoms with Gasteiger partial charge in [-0.1, -0.05) is 18.2 Å². The minimum absolute atomic E-state index is 0.107. The van der Waals surface area contributed by atoms with Crippen LogP contribution in [0.3, 0.4) is 0 Å². The number of hydrogen-bond donors (Lipinski definition) is 0. The lowest BCUT2D eigenvalue weighted by Gasteiger charge is -2.31. The van der Waals surface area contributed by atoms with E-state index >= 15 is 0 Å². The molecule has 1 fully saturated rings. The van der Waals surface area contributed by atoms with Crippen molar-refractivity contribution in [3.63, 3.8) is 0 Å². The molecule has 0 spiro atoms. The van der Waals surface area contributed by atoms with Crippen molar-refractivity contribution in [1.29, 1.82) is 0 Å². The molecular formula is C29H38N2O6. The Labute approximate surface area is 219 Å². The number of carbonyl (C=O) groups is 1. The fraction of sp³-hybridized carbons (Fsp3) is 0.552. The molecule has 3 aliphatic heterocycles. The summed E-state index contributed by atoms with van der Waals surface area (Å²) in [5.41, 5.74) is 2.05. The highest BCUT2D eigenvalue weighted by molar-refractivity contribution is 5.79. The third-order valence-electron chi connectivity index (χ3n) is 7.16. The second-order valence-electron chi connectivity index (χ2n) is 9.75. The van der Waals surface area contributed by atoms with Crippen molar-refractivity contribution in [2.45, 2.75) is 45.2 Å². The normalized spacial score (nSPS) is 20.8. The summed E-state index contributed by atoms with van der Waals surface area (Å²) >= 11 is 0. The van der Waals surface area contributed by atoms with E-state index in [0.29, 0.717) is 59.2 Å². The fourth-order valence-electron chi connectivity index (χ4n) is 5.30. The topological polar surface area (TPSA) is 69.7 Å². The van der Waals surface area contributed by atoms with Crippen LogP contribution in [-0.4, -0.2) is 81.0 Å². The van der Waals surface area contributed by atoms with E-state index in [-0.39, 0.29) is 11.9 Å². The van der Waals surface area contributed by atoms with Crippen LogP contribution in [-0.2, 0) is 22.5 Å². The molecule has 0 saturated carbocycles. The number of amides is 1. The first-order valence-corrected chi connectivity index (χ1v) is 13.6. The van der Waals surface area contributed by atoms with Gasteiger partial charge in [-0.3, -0.25) is 9.69 Å². The molecule has 2 aromatic rings. The van der Waals surface area contributed by atoms with Crippen LogP contribution in [0.25, 0.3) is 0 Å². The zero-order valence-corrected chi connectivity index (χ0v) is 21.8. The second kappa shape index (κ2) is 12.5. The number of benzene rings is 2. The maximum absolute atomic E-state index is 13.5. The summed E-state index contributed by atoms with van der Waals surface area (Å²) in [7, 11) is 0. The monoisotopic (exact) mass is 510 g/mol. The van der Waals surface area contributed by atoms with Crippen LogP contribution in [0.2, 0.25) is 0 Å². The number of nitrogens with zero attached hydrogens (tertiary/aromatic N) is 2. The maximum atomic E-state index is 13.5. The molecule has 8 heteroatoms. The Hall–Kier alpha value is -2.97. The number of rotatable bonds is 4. The zero-order chi connectivity index (χ0) is 25.5. The van der Waals surface area contributed by atoms with Gasteiger partial charge < -0.3 is 28.6 Å². The van der Waals surface area contributed by atoms with Gasteiger partial charge >= 0.3 is 0 Å². The molecular weight excluding hydrogens is 472 g/mol. The third-order valence-corrected chi connectivity index (χ3v) is 7.16. The van der Waals surface area contributed by atoms with E-state index in [2.05, 4.69) is 11.0 Å². The highest BCUT2D eigenvalue weighted by atomic mass is 16.5. The summed E-state index contributed by atoms with van der Waals surface area (Å²) in [5.74, 6) is 3.16. The number of fused-ring (bicyclic) bond motifs is 3. The van der Waals surface area contributed by atoms with Gasteiger partial charge in [0.1, 0.15) is 6.61 Å². The number of carbonyl (C=O) groups excluding carboxylic acids is 1. The predicted octanol–water partition coefficient (Wildman–Crippen LogP) is 3.69. The Balaban J connectivity index is 1.31. The standard InChI is InChI=1S/C29H38N2O6/c1-2-34-26-8-3-6-23-20-30-11-4-7-24(30)21-31(12-15-33-16-17-37-29(23)26)28(32)19-22-9-10-25-27(18-22)36-14-5-13-35-25/h3,6,8-10,18,24H,2,4-5,7,11-17,19-21H2,1H3/t24-/m0/s1. The Kier molecular flexibility index (Phi) is 8.68. The summed E-state index contributed by atoms with van der Waals surface area (Å²) in [4.78, 5) is 18.0. The van der Waals surface area contributed by atoms with Crippen molar-refractivity contribution in [2.75, 3.05) is 59.3 Å².